The van der Waals surface area contributed by atoms with Crippen LogP contribution in [0.1, 0.15) is 25.1 Å². The van der Waals surface area contributed by atoms with Crippen LogP contribution < -0.4 is 11.2 Å². The van der Waals surface area contributed by atoms with Crippen molar-refractivity contribution in [3.63, 3.8) is 0 Å². The fourth-order valence-corrected chi connectivity index (χ4v) is 2.07. The van der Waals surface area contributed by atoms with E-state index in [1.807, 2.05) is 0 Å². The number of carbonyl (C=O) groups is 1. The summed E-state index contributed by atoms with van der Waals surface area (Å²) in [6, 6.07) is 0. The lowest BCUT2D eigenvalue weighted by molar-refractivity contribution is -0.142. The van der Waals surface area contributed by atoms with E-state index in [4.69, 9.17) is 14.6 Å². The molecule has 0 aliphatic carbocycles. The third-order valence-corrected chi connectivity index (χ3v) is 3.17. The number of ether oxygens (including phenoxy) is 2. The molecule has 1 aromatic rings. The van der Waals surface area contributed by atoms with Crippen LogP contribution in [-0.2, 0) is 20.9 Å². The van der Waals surface area contributed by atoms with Crippen molar-refractivity contribution in [3.05, 3.63) is 32.6 Å². The summed E-state index contributed by atoms with van der Waals surface area (Å²) in [4.78, 5) is 36.3. The Morgan fingerprint density at radius 2 is 2.29 bits per heavy atom. The number of rotatable bonds is 4. The second-order valence-electron chi connectivity index (χ2n) is 4.72. The van der Waals surface area contributed by atoms with Gasteiger partial charge in [-0.05, 0) is 0 Å². The number of aliphatic hydroxyl groups excluding tert-OH is 2. The van der Waals surface area contributed by atoms with Crippen LogP contribution in [0.4, 0.5) is 0 Å². The molecule has 0 bridgehead atoms. The number of aliphatic hydroxyl groups is 2. The lowest BCUT2D eigenvalue weighted by Gasteiger charge is -2.15. The van der Waals surface area contributed by atoms with Gasteiger partial charge in [-0.2, -0.15) is 0 Å². The minimum atomic E-state index is -0.907. The molecule has 0 amide bonds. The molecule has 1 aliphatic heterocycles. The molecule has 1 fully saturated rings. The molecule has 2 rings (SSSR count). The molecule has 9 nitrogen and oxygen atoms in total. The highest BCUT2D eigenvalue weighted by Gasteiger charge is 2.35. The summed E-state index contributed by atoms with van der Waals surface area (Å²) >= 11 is 0. The second-order valence-corrected chi connectivity index (χ2v) is 4.72. The molecular formula is C12H16N2O7. The van der Waals surface area contributed by atoms with Gasteiger partial charge in [-0.3, -0.25) is 19.1 Å². The van der Waals surface area contributed by atoms with Crippen molar-refractivity contribution in [2.75, 3.05) is 6.61 Å². The van der Waals surface area contributed by atoms with Gasteiger partial charge in [0.05, 0.1) is 18.3 Å². The summed E-state index contributed by atoms with van der Waals surface area (Å²) in [5, 5.41) is 18.7. The maximum absolute atomic E-state index is 11.8. The molecule has 1 aliphatic rings. The Bertz CT molecular complexity index is 635. The van der Waals surface area contributed by atoms with Crippen molar-refractivity contribution in [1.29, 1.82) is 0 Å². The summed E-state index contributed by atoms with van der Waals surface area (Å²) in [5.74, 6) is -0.556. The molecule has 3 atom stereocenters. The number of esters is 1. The summed E-state index contributed by atoms with van der Waals surface area (Å²) in [6.45, 7) is 0.548. The van der Waals surface area contributed by atoms with Gasteiger partial charge in [-0.15, -0.1) is 0 Å². The third kappa shape index (κ3) is 3.38. The quantitative estimate of drug-likeness (QED) is 0.561. The van der Waals surface area contributed by atoms with Gasteiger partial charge in [-0.1, -0.05) is 0 Å². The first-order valence-corrected chi connectivity index (χ1v) is 6.34. The van der Waals surface area contributed by atoms with Crippen molar-refractivity contribution in [2.45, 2.75) is 38.4 Å². The van der Waals surface area contributed by atoms with Crippen LogP contribution in [0.2, 0.25) is 0 Å². The predicted octanol–water partition coefficient (Wildman–Crippen LogP) is -1.76. The molecule has 9 heteroatoms. The molecule has 0 spiro atoms. The minimum absolute atomic E-state index is 0.0790. The standard InChI is InChI=1S/C12H16N2O7/c1-6(16)20-5-7-3-14(12(19)13-11(7)18)10-2-8(17)9(4-15)21-10/h3,8-10,15,17H,2,4-5H2,1H3,(H,13,18,19)/t8-,9+,10+/m0/s1. The Hall–Kier alpha value is -1.97. The van der Waals surface area contributed by atoms with Gasteiger partial charge < -0.3 is 19.7 Å². The van der Waals surface area contributed by atoms with Gasteiger partial charge in [0.2, 0.25) is 0 Å². The highest BCUT2D eigenvalue weighted by Crippen LogP contribution is 2.27. The number of carbonyl (C=O) groups excluding carboxylic acids is 1. The number of nitrogens with zero attached hydrogens (tertiary/aromatic N) is 1. The average molecular weight is 300 g/mol. The Kier molecular flexibility index (Phi) is 4.56. The van der Waals surface area contributed by atoms with Crippen molar-refractivity contribution in [3.8, 4) is 0 Å². The first-order chi connectivity index (χ1) is 9.92. The molecule has 0 aromatic carbocycles. The predicted molar refractivity (Wildman–Crippen MR) is 68.4 cm³/mol. The summed E-state index contributed by atoms with van der Waals surface area (Å²) < 4.78 is 11.2. The van der Waals surface area contributed by atoms with Crippen molar-refractivity contribution in [2.24, 2.45) is 0 Å². The van der Waals surface area contributed by atoms with E-state index in [-0.39, 0.29) is 25.2 Å². The SMILES string of the molecule is CC(=O)OCc1cn([C@H]2C[C@H](O)[C@@H](CO)O2)c(=O)[nH]c1=O. The van der Waals surface area contributed by atoms with E-state index >= 15 is 0 Å². The fraction of sp³-hybridized carbons (Fsp3) is 0.583. The van der Waals surface area contributed by atoms with Gasteiger partial charge in [0.25, 0.3) is 5.56 Å². The summed E-state index contributed by atoms with van der Waals surface area (Å²) in [7, 11) is 0. The number of aromatic amines is 1. The number of hydrogen-bond acceptors (Lipinski definition) is 7. The molecule has 0 saturated carbocycles. The van der Waals surface area contributed by atoms with E-state index in [2.05, 4.69) is 4.98 Å². The third-order valence-electron chi connectivity index (χ3n) is 3.17. The number of H-pyrrole nitrogens is 1. The lowest BCUT2D eigenvalue weighted by atomic mass is 10.2. The highest BCUT2D eigenvalue weighted by molar-refractivity contribution is 5.65. The van der Waals surface area contributed by atoms with E-state index in [1.165, 1.54) is 13.1 Å². The zero-order valence-corrected chi connectivity index (χ0v) is 11.3. The smallest absolute Gasteiger partial charge is 0.330 e. The van der Waals surface area contributed by atoms with Gasteiger partial charge in [0, 0.05) is 19.5 Å². The van der Waals surface area contributed by atoms with Crippen LogP contribution in [0.3, 0.4) is 0 Å². The van der Waals surface area contributed by atoms with E-state index in [1.54, 1.807) is 0 Å². The summed E-state index contributed by atoms with van der Waals surface area (Å²) in [5.41, 5.74) is -1.28. The number of nitrogens with one attached hydrogen (secondary N) is 1. The lowest BCUT2D eigenvalue weighted by Crippen LogP contribution is -2.34. The summed E-state index contributed by atoms with van der Waals surface area (Å²) in [6.07, 6.45) is -1.18. The van der Waals surface area contributed by atoms with Crippen LogP contribution in [0, 0.1) is 0 Å². The average Bonchev–Trinajstić information content (AvgIpc) is 2.78. The van der Waals surface area contributed by atoms with E-state index in [9.17, 15) is 19.5 Å². The normalized spacial score (nSPS) is 25.0. The fourth-order valence-electron chi connectivity index (χ4n) is 2.07. The first-order valence-electron chi connectivity index (χ1n) is 6.34. The zero-order valence-electron chi connectivity index (χ0n) is 11.3. The maximum atomic E-state index is 11.8. The van der Waals surface area contributed by atoms with E-state index < -0.39 is 35.7 Å². The van der Waals surface area contributed by atoms with Crippen LogP contribution >= 0.6 is 0 Å². The minimum Gasteiger partial charge on any atom is -0.461 e. The molecule has 0 unspecified atom stereocenters. The molecule has 1 saturated heterocycles. The van der Waals surface area contributed by atoms with Crippen LogP contribution in [-0.4, -0.2) is 44.5 Å². The first kappa shape index (κ1) is 15.4. The second kappa shape index (κ2) is 6.20. The van der Waals surface area contributed by atoms with Crippen LogP contribution in [0.15, 0.2) is 15.8 Å². The molecule has 116 valence electrons. The van der Waals surface area contributed by atoms with Gasteiger partial charge >= 0.3 is 11.7 Å². The van der Waals surface area contributed by atoms with Crippen molar-refractivity contribution < 1.29 is 24.5 Å². The number of aromatic nitrogens is 2. The zero-order chi connectivity index (χ0) is 15.6. The van der Waals surface area contributed by atoms with Crippen LogP contribution in [0.5, 0.6) is 0 Å². The molecule has 0 radical (unpaired) electrons. The molecule has 21 heavy (non-hydrogen) atoms. The van der Waals surface area contributed by atoms with E-state index in [0.717, 1.165) is 4.57 Å². The number of hydrogen-bond donors (Lipinski definition) is 3. The van der Waals surface area contributed by atoms with Crippen LogP contribution in [0.25, 0.3) is 0 Å². The molecule has 1 aromatic heterocycles. The van der Waals surface area contributed by atoms with Crippen molar-refractivity contribution in [1.82, 2.24) is 9.55 Å². The Morgan fingerprint density at radius 1 is 1.57 bits per heavy atom. The largest absolute Gasteiger partial charge is 0.461 e. The molecule has 3 N–H and O–H groups in total. The van der Waals surface area contributed by atoms with E-state index in [0.29, 0.717) is 0 Å². The maximum Gasteiger partial charge on any atom is 0.330 e. The Balaban J connectivity index is 2.28. The van der Waals surface area contributed by atoms with Crippen molar-refractivity contribution >= 4 is 5.97 Å². The Labute approximate surface area is 118 Å². The molecule has 2 heterocycles. The van der Waals surface area contributed by atoms with Gasteiger partial charge in [-0.25, -0.2) is 4.79 Å². The van der Waals surface area contributed by atoms with Gasteiger partial charge in [0.15, 0.2) is 0 Å². The monoisotopic (exact) mass is 300 g/mol. The topological polar surface area (TPSA) is 131 Å². The van der Waals surface area contributed by atoms with Gasteiger partial charge in [0.1, 0.15) is 18.9 Å². The Morgan fingerprint density at radius 3 is 2.86 bits per heavy atom. The molecular weight excluding hydrogens is 284 g/mol. The highest BCUT2D eigenvalue weighted by atomic mass is 16.5.